The van der Waals surface area contributed by atoms with E-state index < -0.39 is 0 Å². The second-order valence-corrected chi connectivity index (χ2v) is 4.54. The first-order chi connectivity index (χ1) is 7.59. The highest BCUT2D eigenvalue weighted by Crippen LogP contribution is 2.17. The quantitative estimate of drug-likeness (QED) is 0.665. The molecule has 0 amide bonds. The van der Waals surface area contributed by atoms with Crippen molar-refractivity contribution in [2.75, 3.05) is 0 Å². The lowest BCUT2D eigenvalue weighted by molar-refractivity contribution is 0.991. The van der Waals surface area contributed by atoms with Crippen LogP contribution in [0.2, 0.25) is 0 Å². The molecule has 1 aromatic carbocycles. The molecule has 82 valence electrons. The van der Waals surface area contributed by atoms with Crippen molar-refractivity contribution in [2.24, 2.45) is 0 Å². The van der Waals surface area contributed by atoms with Crippen LogP contribution in [0.15, 0.2) is 36.5 Å². The Morgan fingerprint density at radius 1 is 1.00 bits per heavy atom. The van der Waals surface area contributed by atoms with Gasteiger partial charge in [0.05, 0.1) is 0 Å². The van der Waals surface area contributed by atoms with Gasteiger partial charge >= 0.3 is 0 Å². The van der Waals surface area contributed by atoms with Crippen LogP contribution in [0.4, 0.5) is 0 Å². The smallest absolute Gasteiger partial charge is 0.113 e. The van der Waals surface area contributed by atoms with Crippen LogP contribution in [0.5, 0.6) is 0 Å². The molecule has 0 atom stereocenters. The van der Waals surface area contributed by atoms with Crippen LogP contribution in [-0.2, 0) is 0 Å². The zero-order valence-corrected chi connectivity index (χ0v) is 10.6. The number of hydrogen-bond acceptors (Lipinski definition) is 1. The van der Waals surface area contributed by atoms with E-state index in [1.165, 1.54) is 16.8 Å². The van der Waals surface area contributed by atoms with E-state index in [1.54, 1.807) is 0 Å². The molecule has 0 spiro atoms. The molecule has 0 aliphatic carbocycles. The summed E-state index contributed by atoms with van der Waals surface area (Å²) in [5.41, 5.74) is 4.81. The summed E-state index contributed by atoms with van der Waals surface area (Å²) in [5, 5.41) is 0. The molecule has 0 saturated heterocycles. The molecular formula is C14H15NS. The molecule has 2 heteroatoms. The molecule has 0 bridgehead atoms. The summed E-state index contributed by atoms with van der Waals surface area (Å²) in [4.78, 5) is 0. The van der Waals surface area contributed by atoms with Crippen LogP contribution in [0.3, 0.4) is 0 Å². The van der Waals surface area contributed by atoms with Gasteiger partial charge in [0.15, 0.2) is 0 Å². The average molecular weight is 229 g/mol. The van der Waals surface area contributed by atoms with E-state index in [0.29, 0.717) is 0 Å². The zero-order valence-electron chi connectivity index (χ0n) is 9.82. The molecular weight excluding hydrogens is 214 g/mol. The lowest BCUT2D eigenvalue weighted by Crippen LogP contribution is -2.00. The maximum Gasteiger partial charge on any atom is 0.113 e. The van der Waals surface area contributed by atoms with Crippen molar-refractivity contribution in [3.8, 4) is 5.69 Å². The predicted octanol–water partition coefficient (Wildman–Crippen LogP) is 4.13. The molecule has 0 aliphatic heterocycles. The Labute approximate surface area is 101 Å². The first-order valence-electron chi connectivity index (χ1n) is 5.35. The van der Waals surface area contributed by atoms with Crippen molar-refractivity contribution in [3.63, 3.8) is 0 Å². The van der Waals surface area contributed by atoms with E-state index in [9.17, 15) is 0 Å². The van der Waals surface area contributed by atoms with Crippen molar-refractivity contribution in [1.82, 2.24) is 4.57 Å². The third-order valence-corrected chi connectivity index (χ3v) is 3.28. The minimum atomic E-state index is 0.885. The summed E-state index contributed by atoms with van der Waals surface area (Å²) in [7, 11) is 0. The number of pyridine rings is 1. The van der Waals surface area contributed by atoms with Crippen LogP contribution in [0.25, 0.3) is 5.69 Å². The normalized spacial score (nSPS) is 10.4. The molecule has 1 nitrogen and oxygen atoms in total. The number of rotatable bonds is 1. The molecule has 0 fully saturated rings. The monoisotopic (exact) mass is 229 g/mol. The molecule has 0 unspecified atom stereocenters. The van der Waals surface area contributed by atoms with Gasteiger partial charge in [-0.15, -0.1) is 0 Å². The van der Waals surface area contributed by atoms with Gasteiger partial charge in [-0.3, -0.25) is 0 Å². The van der Waals surface area contributed by atoms with E-state index >= 15 is 0 Å². The van der Waals surface area contributed by atoms with Gasteiger partial charge in [-0.05, 0) is 49.6 Å². The molecule has 0 N–H and O–H groups in total. The fourth-order valence-electron chi connectivity index (χ4n) is 1.77. The number of nitrogens with zero attached hydrogens (tertiary/aromatic N) is 1. The second kappa shape index (κ2) is 4.22. The van der Waals surface area contributed by atoms with Crippen molar-refractivity contribution in [2.45, 2.75) is 20.8 Å². The first-order valence-corrected chi connectivity index (χ1v) is 5.76. The van der Waals surface area contributed by atoms with Gasteiger partial charge < -0.3 is 4.57 Å². The van der Waals surface area contributed by atoms with E-state index in [1.807, 2.05) is 25.3 Å². The van der Waals surface area contributed by atoms with Crippen LogP contribution in [-0.4, -0.2) is 4.57 Å². The fourth-order valence-corrected chi connectivity index (χ4v) is 2.00. The van der Waals surface area contributed by atoms with Crippen LogP contribution < -0.4 is 0 Å². The van der Waals surface area contributed by atoms with E-state index in [-0.39, 0.29) is 0 Å². The molecule has 1 aromatic heterocycles. The third-order valence-electron chi connectivity index (χ3n) is 2.76. The first kappa shape index (κ1) is 11.1. The van der Waals surface area contributed by atoms with Gasteiger partial charge in [0.1, 0.15) is 4.64 Å². The summed E-state index contributed by atoms with van der Waals surface area (Å²) in [6.45, 7) is 6.26. The Morgan fingerprint density at radius 3 is 2.50 bits per heavy atom. The fraction of sp³-hybridized carbons (Fsp3) is 0.214. The number of aryl methyl sites for hydroxylation is 3. The van der Waals surface area contributed by atoms with Crippen LogP contribution in [0, 0.1) is 25.4 Å². The molecule has 2 aromatic rings. The summed E-state index contributed by atoms with van der Waals surface area (Å²) >= 11 is 5.44. The standard InChI is InChI=1S/C14H15NS/c1-10-6-7-11(2)13(9-10)15-8-4-5-12(3)14(15)16/h4-9H,1-3H3. The number of aromatic nitrogens is 1. The van der Waals surface area contributed by atoms with Crippen LogP contribution in [0.1, 0.15) is 16.7 Å². The highest BCUT2D eigenvalue weighted by molar-refractivity contribution is 7.71. The topological polar surface area (TPSA) is 4.93 Å². The van der Waals surface area contributed by atoms with Crippen molar-refractivity contribution >= 4 is 12.2 Å². The Bertz CT molecular complexity index is 582. The Morgan fingerprint density at radius 2 is 1.75 bits per heavy atom. The van der Waals surface area contributed by atoms with Gasteiger partial charge in [0.25, 0.3) is 0 Å². The van der Waals surface area contributed by atoms with E-state index in [4.69, 9.17) is 12.2 Å². The van der Waals surface area contributed by atoms with Crippen LogP contribution >= 0.6 is 12.2 Å². The maximum absolute atomic E-state index is 5.44. The molecule has 0 radical (unpaired) electrons. The summed E-state index contributed by atoms with van der Waals surface area (Å²) in [6, 6.07) is 10.5. The van der Waals surface area contributed by atoms with Crippen molar-refractivity contribution in [1.29, 1.82) is 0 Å². The maximum atomic E-state index is 5.44. The van der Waals surface area contributed by atoms with E-state index in [2.05, 4.69) is 36.6 Å². The van der Waals surface area contributed by atoms with Gasteiger partial charge in [-0.25, -0.2) is 0 Å². The van der Waals surface area contributed by atoms with E-state index in [0.717, 1.165) is 10.2 Å². The minimum absolute atomic E-state index is 0.885. The van der Waals surface area contributed by atoms with Gasteiger partial charge in [-0.1, -0.05) is 30.4 Å². The predicted molar refractivity (Wildman–Crippen MR) is 70.8 cm³/mol. The Kier molecular flexibility index (Phi) is 2.92. The molecule has 0 aliphatic rings. The van der Waals surface area contributed by atoms with Gasteiger partial charge in [0, 0.05) is 11.9 Å². The molecule has 16 heavy (non-hydrogen) atoms. The molecule has 1 heterocycles. The average Bonchev–Trinajstić information content (AvgIpc) is 2.26. The minimum Gasteiger partial charge on any atom is -0.308 e. The van der Waals surface area contributed by atoms with Crippen molar-refractivity contribution in [3.05, 3.63) is 57.9 Å². The highest BCUT2D eigenvalue weighted by atomic mass is 32.1. The number of hydrogen-bond donors (Lipinski definition) is 0. The highest BCUT2D eigenvalue weighted by Gasteiger charge is 2.02. The Hall–Kier alpha value is -1.41. The molecule has 0 saturated carbocycles. The lowest BCUT2D eigenvalue weighted by Gasteiger charge is -2.12. The summed E-state index contributed by atoms with van der Waals surface area (Å²) < 4.78 is 2.96. The zero-order chi connectivity index (χ0) is 11.7. The summed E-state index contributed by atoms with van der Waals surface area (Å²) in [5.74, 6) is 0. The van der Waals surface area contributed by atoms with Gasteiger partial charge in [0.2, 0.25) is 0 Å². The van der Waals surface area contributed by atoms with Crippen molar-refractivity contribution < 1.29 is 0 Å². The Balaban J connectivity index is 2.72. The molecule has 2 rings (SSSR count). The SMILES string of the molecule is Cc1ccc(C)c(-n2cccc(C)c2=S)c1. The second-order valence-electron chi connectivity index (χ2n) is 4.16. The summed E-state index contributed by atoms with van der Waals surface area (Å²) in [6.07, 6.45) is 2.02. The number of benzene rings is 1. The largest absolute Gasteiger partial charge is 0.308 e. The van der Waals surface area contributed by atoms with Gasteiger partial charge in [-0.2, -0.15) is 0 Å². The lowest BCUT2D eigenvalue weighted by atomic mass is 10.1. The third kappa shape index (κ3) is 1.93.